The van der Waals surface area contributed by atoms with E-state index in [-0.39, 0.29) is 16.8 Å². The summed E-state index contributed by atoms with van der Waals surface area (Å²) >= 11 is 5.57. The van der Waals surface area contributed by atoms with Crippen LogP contribution in [0.2, 0.25) is 5.02 Å². The van der Waals surface area contributed by atoms with E-state index in [1.807, 2.05) is 0 Å². The maximum Gasteiger partial charge on any atom is 0.137 e. The third kappa shape index (κ3) is 2.57. The van der Waals surface area contributed by atoms with Crippen molar-refractivity contribution in [1.29, 1.82) is 0 Å². The number of phenolic OH excluding ortho intramolecular Hbond substituents is 1. The molecule has 2 nitrogen and oxygen atoms in total. The van der Waals surface area contributed by atoms with Crippen LogP contribution in [-0.2, 0) is 6.42 Å². The van der Waals surface area contributed by atoms with Gasteiger partial charge in [-0.15, -0.1) is 0 Å². The Bertz CT molecular complexity index is 315. The number of hydrogen-bond donors (Lipinski definition) is 2. The molecule has 0 aliphatic rings. The first-order valence-corrected chi connectivity index (χ1v) is 4.31. The van der Waals surface area contributed by atoms with Crippen molar-refractivity contribution in [3.8, 4) is 5.75 Å². The Morgan fingerprint density at radius 3 is 2.77 bits per heavy atom. The summed E-state index contributed by atoms with van der Waals surface area (Å²) in [7, 11) is 0. The molecule has 1 aromatic carbocycles. The van der Waals surface area contributed by atoms with Gasteiger partial charge in [-0.05, 0) is 31.0 Å². The van der Waals surface area contributed by atoms with Crippen molar-refractivity contribution in [2.75, 3.05) is 0 Å². The molecule has 72 valence electrons. The highest BCUT2D eigenvalue weighted by molar-refractivity contribution is 6.32. The molecule has 0 aromatic heterocycles. The van der Waals surface area contributed by atoms with Gasteiger partial charge in [0.15, 0.2) is 0 Å². The summed E-state index contributed by atoms with van der Waals surface area (Å²) in [5, 5.41) is 9.44. The minimum atomic E-state index is -0.460. The molecule has 1 unspecified atom stereocenters. The third-order valence-corrected chi connectivity index (χ3v) is 1.94. The summed E-state index contributed by atoms with van der Waals surface area (Å²) in [5.41, 5.74) is 5.96. The number of nitrogens with two attached hydrogens (primary N) is 1. The fourth-order valence-corrected chi connectivity index (χ4v) is 1.35. The predicted molar refractivity (Wildman–Crippen MR) is 50.4 cm³/mol. The van der Waals surface area contributed by atoms with Crippen molar-refractivity contribution in [2.24, 2.45) is 5.73 Å². The minimum Gasteiger partial charge on any atom is -0.506 e. The molecule has 0 bridgehead atoms. The van der Waals surface area contributed by atoms with Gasteiger partial charge in [0.1, 0.15) is 11.6 Å². The van der Waals surface area contributed by atoms with E-state index in [9.17, 15) is 9.50 Å². The molecule has 1 atom stereocenters. The van der Waals surface area contributed by atoms with E-state index in [0.717, 1.165) is 6.07 Å². The molecule has 0 radical (unpaired) electrons. The number of benzene rings is 1. The zero-order valence-electron chi connectivity index (χ0n) is 7.22. The quantitative estimate of drug-likeness (QED) is 0.773. The summed E-state index contributed by atoms with van der Waals surface area (Å²) in [6, 6.07) is 2.18. The Morgan fingerprint density at radius 2 is 2.23 bits per heavy atom. The first-order valence-electron chi connectivity index (χ1n) is 3.93. The molecule has 13 heavy (non-hydrogen) atoms. The summed E-state index contributed by atoms with van der Waals surface area (Å²) in [6.07, 6.45) is 0.406. The molecule has 0 aliphatic carbocycles. The van der Waals surface area contributed by atoms with Crippen LogP contribution < -0.4 is 5.73 Å². The lowest BCUT2D eigenvalue weighted by molar-refractivity contribution is 0.463. The molecule has 4 heteroatoms. The lowest BCUT2D eigenvalue weighted by Crippen LogP contribution is -2.17. The summed E-state index contributed by atoms with van der Waals surface area (Å²) in [5.74, 6) is -0.543. The molecule has 0 aliphatic heterocycles. The normalized spacial score (nSPS) is 12.9. The van der Waals surface area contributed by atoms with E-state index in [1.54, 1.807) is 6.92 Å². The van der Waals surface area contributed by atoms with Crippen molar-refractivity contribution < 1.29 is 9.50 Å². The van der Waals surface area contributed by atoms with Crippen LogP contribution >= 0.6 is 11.6 Å². The largest absolute Gasteiger partial charge is 0.506 e. The van der Waals surface area contributed by atoms with E-state index in [2.05, 4.69) is 0 Å². The van der Waals surface area contributed by atoms with Crippen LogP contribution in [0.15, 0.2) is 12.1 Å². The highest BCUT2D eigenvalue weighted by atomic mass is 35.5. The minimum absolute atomic E-state index is 0.0238. The Hall–Kier alpha value is -0.800. The smallest absolute Gasteiger partial charge is 0.137 e. The van der Waals surface area contributed by atoms with E-state index in [4.69, 9.17) is 17.3 Å². The molecule has 0 heterocycles. The average molecular weight is 204 g/mol. The van der Waals surface area contributed by atoms with Crippen molar-refractivity contribution in [3.63, 3.8) is 0 Å². The standard InChI is InChI=1S/C9H11ClFNO/c1-5(12)2-6-3-7(11)4-8(10)9(6)13/h3-5,13H,2,12H2,1H3. The Balaban J connectivity index is 3.05. The Kier molecular flexibility index (Phi) is 3.12. The van der Waals surface area contributed by atoms with Gasteiger partial charge in [0.05, 0.1) is 5.02 Å². The highest BCUT2D eigenvalue weighted by Gasteiger charge is 2.09. The van der Waals surface area contributed by atoms with Gasteiger partial charge in [0, 0.05) is 6.04 Å². The van der Waals surface area contributed by atoms with Gasteiger partial charge in [0.25, 0.3) is 0 Å². The second-order valence-corrected chi connectivity index (χ2v) is 3.48. The van der Waals surface area contributed by atoms with E-state index in [0.29, 0.717) is 12.0 Å². The van der Waals surface area contributed by atoms with Crippen LogP contribution in [0.5, 0.6) is 5.75 Å². The number of aromatic hydroxyl groups is 1. The van der Waals surface area contributed by atoms with E-state index < -0.39 is 5.82 Å². The van der Waals surface area contributed by atoms with Crippen molar-refractivity contribution >= 4 is 11.6 Å². The SMILES string of the molecule is CC(N)Cc1cc(F)cc(Cl)c1O. The maximum absolute atomic E-state index is 12.8. The van der Waals surface area contributed by atoms with Crippen molar-refractivity contribution in [2.45, 2.75) is 19.4 Å². The zero-order valence-corrected chi connectivity index (χ0v) is 7.98. The van der Waals surface area contributed by atoms with Crippen molar-refractivity contribution in [3.05, 3.63) is 28.5 Å². The number of hydrogen-bond acceptors (Lipinski definition) is 2. The van der Waals surface area contributed by atoms with E-state index >= 15 is 0 Å². The Morgan fingerprint density at radius 1 is 1.62 bits per heavy atom. The fourth-order valence-electron chi connectivity index (χ4n) is 1.12. The zero-order chi connectivity index (χ0) is 10.0. The molecule has 0 spiro atoms. The maximum atomic E-state index is 12.8. The summed E-state index contributed by atoms with van der Waals surface area (Å²) in [6.45, 7) is 1.78. The van der Waals surface area contributed by atoms with Gasteiger partial charge in [-0.25, -0.2) is 4.39 Å². The van der Waals surface area contributed by atoms with Gasteiger partial charge < -0.3 is 10.8 Å². The van der Waals surface area contributed by atoms with Crippen molar-refractivity contribution in [1.82, 2.24) is 0 Å². The van der Waals surface area contributed by atoms with Gasteiger partial charge in [-0.1, -0.05) is 11.6 Å². The van der Waals surface area contributed by atoms with Crippen LogP contribution in [0.3, 0.4) is 0 Å². The van der Waals surface area contributed by atoms with Crippen LogP contribution in [-0.4, -0.2) is 11.1 Å². The lowest BCUT2D eigenvalue weighted by atomic mass is 10.1. The molecule has 0 amide bonds. The second-order valence-electron chi connectivity index (χ2n) is 3.08. The topological polar surface area (TPSA) is 46.2 Å². The monoisotopic (exact) mass is 203 g/mol. The fraction of sp³-hybridized carbons (Fsp3) is 0.333. The van der Waals surface area contributed by atoms with Crippen LogP contribution in [0.25, 0.3) is 0 Å². The van der Waals surface area contributed by atoms with Gasteiger partial charge in [0.2, 0.25) is 0 Å². The molecule has 0 fully saturated rings. The summed E-state index contributed by atoms with van der Waals surface area (Å²) in [4.78, 5) is 0. The number of phenols is 1. The number of rotatable bonds is 2. The van der Waals surface area contributed by atoms with Gasteiger partial charge >= 0.3 is 0 Å². The first kappa shape index (κ1) is 10.3. The molecule has 1 aromatic rings. The molecule has 0 saturated heterocycles. The van der Waals surface area contributed by atoms with Crippen LogP contribution in [0.1, 0.15) is 12.5 Å². The van der Waals surface area contributed by atoms with Gasteiger partial charge in [-0.2, -0.15) is 0 Å². The second kappa shape index (κ2) is 3.94. The summed E-state index contributed by atoms with van der Waals surface area (Å²) < 4.78 is 12.8. The van der Waals surface area contributed by atoms with Crippen LogP contribution in [0.4, 0.5) is 4.39 Å². The lowest BCUT2D eigenvalue weighted by Gasteiger charge is -2.08. The molecule has 1 rings (SSSR count). The van der Waals surface area contributed by atoms with Crippen LogP contribution in [0, 0.1) is 5.82 Å². The first-order chi connectivity index (χ1) is 6.00. The predicted octanol–water partition coefficient (Wildman–Crippen LogP) is 2.07. The third-order valence-electron chi connectivity index (χ3n) is 1.65. The molecule has 3 N–H and O–H groups in total. The molecular formula is C9H11ClFNO. The molecular weight excluding hydrogens is 193 g/mol. The average Bonchev–Trinajstić information content (AvgIpc) is 1.98. The Labute approximate surface area is 81.1 Å². The number of halogens is 2. The van der Waals surface area contributed by atoms with Gasteiger partial charge in [-0.3, -0.25) is 0 Å². The highest BCUT2D eigenvalue weighted by Crippen LogP contribution is 2.29. The molecule has 0 saturated carbocycles. The van der Waals surface area contributed by atoms with E-state index in [1.165, 1.54) is 6.07 Å².